The number of benzene rings is 1. The van der Waals surface area contributed by atoms with Gasteiger partial charge in [-0.1, -0.05) is 166 Å². The zero-order chi connectivity index (χ0) is 89.4. The normalized spacial score (nSPS) is 17.1. The molecule has 0 saturated carbocycles. The van der Waals surface area contributed by atoms with E-state index in [1.165, 1.54) is 24.8 Å². The van der Waals surface area contributed by atoms with Crippen molar-refractivity contribution in [1.29, 1.82) is 0 Å². The fraction of sp³-hybridized carbons (Fsp3) is 0.726. The molecule has 13 amide bonds. The summed E-state index contributed by atoms with van der Waals surface area (Å²) < 4.78 is 17.6. The van der Waals surface area contributed by atoms with Gasteiger partial charge in [0.25, 0.3) is 5.91 Å². The minimum absolute atomic E-state index is 0.0109. The molecule has 1 aromatic rings. The lowest BCUT2D eigenvalue weighted by Gasteiger charge is -2.34. The van der Waals surface area contributed by atoms with E-state index in [-0.39, 0.29) is 69.6 Å². The molecule has 1 fully saturated rings. The van der Waals surface area contributed by atoms with Gasteiger partial charge in [-0.25, -0.2) is 14.4 Å². The smallest absolute Gasteiger partial charge is 0.407 e. The highest BCUT2D eigenvalue weighted by molar-refractivity contribution is 6.02. The fourth-order valence-electron chi connectivity index (χ4n) is 12.9. The summed E-state index contributed by atoms with van der Waals surface area (Å²) >= 11 is 0. The van der Waals surface area contributed by atoms with Crippen LogP contribution in [0.1, 0.15) is 236 Å². The standard InChI is InChI=1S/C84H142N14O19/c1-26-50(16)65(76(107)96-67(77(108)95-66(51(17)27-2)75(106)92-63(48(12)13)80(111)112)52(18)115-81(113)64(49(14)15)93-70(101)56(28-3)87-69(100)55(85)43-54-36-30-29-31-37-54)94-71(102)57(38-33-41-86-82(114)117-84(23,24)25)88-72(103)58-39-34-42-98(58)79(110)62(47(10)11)91-74(105)61(46(8)9)90-78(109)68(53(19)116-83(20,21)22)97-73(104)60(45(6)7)89-59(99)40-32-35-44(4)5/h28-31,36-37,44-53,55,57-58,60-68H,26-27,32-35,38-43,85H2,1-25H3,(H,86,114)(H,87,100)(H,88,103)(H,89,99)(H,90,109)(H,91,105)(H,92,106)(H,93,101)(H,94,102)(H,95,108)(H,96,107)(H,97,104)(H,111,112)/b56-28-/t50-,51-,52+,53+,55-,57-,58+,60+,61-,62+,63+,64-,65+,66+,67+,68-/m0/s1. The number of alkyl carbamates (subject to hydrolysis) is 1. The van der Waals surface area contributed by atoms with E-state index in [1.807, 2.05) is 13.8 Å². The van der Waals surface area contributed by atoms with Crippen molar-refractivity contribution in [3.05, 3.63) is 47.7 Å². The van der Waals surface area contributed by atoms with Gasteiger partial charge in [-0.05, 0) is 154 Å². The summed E-state index contributed by atoms with van der Waals surface area (Å²) in [4.78, 5) is 215. The summed E-state index contributed by atoms with van der Waals surface area (Å²) in [7, 11) is 0. The highest BCUT2D eigenvalue weighted by atomic mass is 16.6. The largest absolute Gasteiger partial charge is 0.480 e. The summed E-state index contributed by atoms with van der Waals surface area (Å²) in [5.74, 6) is -16.1. The van der Waals surface area contributed by atoms with Gasteiger partial charge in [0.05, 0.1) is 17.7 Å². The highest BCUT2D eigenvalue weighted by Crippen LogP contribution is 2.24. The van der Waals surface area contributed by atoms with Crippen molar-refractivity contribution in [2.45, 2.75) is 333 Å². The molecule has 15 N–H and O–H groups in total. The van der Waals surface area contributed by atoms with Gasteiger partial charge < -0.3 is 93.8 Å². The second-order valence-electron chi connectivity index (χ2n) is 34.9. The van der Waals surface area contributed by atoms with Crippen LogP contribution in [0.5, 0.6) is 0 Å². The first-order valence-corrected chi connectivity index (χ1v) is 41.5. The highest BCUT2D eigenvalue weighted by Gasteiger charge is 2.45. The number of amides is 13. The molecule has 33 nitrogen and oxygen atoms in total. The van der Waals surface area contributed by atoms with Crippen molar-refractivity contribution in [3.63, 3.8) is 0 Å². The molecule has 0 bridgehead atoms. The van der Waals surface area contributed by atoms with E-state index in [9.17, 15) is 57.8 Å². The summed E-state index contributed by atoms with van der Waals surface area (Å²) in [6, 6.07) is -7.80. The third-order valence-electron chi connectivity index (χ3n) is 20.1. The van der Waals surface area contributed by atoms with Crippen molar-refractivity contribution in [3.8, 4) is 0 Å². The van der Waals surface area contributed by atoms with E-state index in [2.05, 4.69) is 63.8 Å². The minimum Gasteiger partial charge on any atom is -0.480 e. The van der Waals surface area contributed by atoms with Gasteiger partial charge in [-0.15, -0.1) is 0 Å². The molecule has 0 aliphatic carbocycles. The number of carbonyl (C=O) groups is 15. The molecule has 0 aromatic heterocycles. The molecule has 1 heterocycles. The Labute approximate surface area is 692 Å². The molecule has 2 rings (SSSR count). The summed E-state index contributed by atoms with van der Waals surface area (Å²) in [6.07, 6.45) is 0.253. The van der Waals surface area contributed by atoms with Gasteiger partial charge in [0.1, 0.15) is 83.9 Å². The zero-order valence-corrected chi connectivity index (χ0v) is 74.0. The molecule has 0 spiro atoms. The van der Waals surface area contributed by atoms with Crippen molar-refractivity contribution < 1.29 is 91.2 Å². The van der Waals surface area contributed by atoms with Gasteiger partial charge in [0.2, 0.25) is 65.0 Å². The SMILES string of the molecule is C/C=C(\NC(=O)[C@@H](N)Cc1ccccc1)C(=O)N[C@H](C(=O)O[C@H](C)[C@@H](NC(=O)[C@H](NC(=O)[C@H](CCCNC(=O)OC(C)(C)C)NC(=O)[C@H]1CCCN1C(=O)[C@H](NC(=O)[C@@H](NC(=O)[C@@H](NC(=O)[C@H](NC(=O)CCCC(C)C)C(C)C)[C@@H](C)OC(C)(C)C)C(C)C)C(C)C)[C@@H](C)CC)C(=O)N[C@@H](C(=O)N[C@@H](C(=O)O)C(C)C)[C@@H](C)CC)C(C)C. The maximum absolute atomic E-state index is 15.2. The number of likely N-dealkylation sites (tertiary alicyclic amines) is 1. The molecule has 1 aromatic carbocycles. The molecule has 33 heteroatoms. The molecule has 662 valence electrons. The van der Waals surface area contributed by atoms with E-state index in [0.717, 1.165) is 12.0 Å². The number of allylic oxidation sites excluding steroid dienone is 1. The van der Waals surface area contributed by atoms with Crippen LogP contribution in [-0.4, -0.2) is 208 Å². The van der Waals surface area contributed by atoms with Gasteiger partial charge in [0, 0.05) is 19.5 Å². The molecule has 1 aliphatic heterocycles. The molecular formula is C84H142N14O19. The van der Waals surface area contributed by atoms with Crippen molar-refractivity contribution in [2.24, 2.45) is 53.1 Å². The van der Waals surface area contributed by atoms with E-state index >= 15 is 19.2 Å². The lowest BCUT2D eigenvalue weighted by molar-refractivity contribution is -0.157. The van der Waals surface area contributed by atoms with Crippen LogP contribution in [0.3, 0.4) is 0 Å². The first kappa shape index (κ1) is 104. The number of nitrogens with two attached hydrogens (primary N) is 1. The second kappa shape index (κ2) is 49.2. The van der Waals surface area contributed by atoms with Crippen molar-refractivity contribution >= 4 is 88.9 Å². The monoisotopic (exact) mass is 1650 g/mol. The number of ether oxygens (including phenoxy) is 3. The molecule has 1 aliphatic rings. The van der Waals surface area contributed by atoms with Gasteiger partial charge in [-0.3, -0.25) is 57.5 Å². The van der Waals surface area contributed by atoms with Crippen LogP contribution in [0.2, 0.25) is 0 Å². The van der Waals surface area contributed by atoms with Crippen molar-refractivity contribution in [1.82, 2.24) is 68.7 Å². The number of esters is 1. The Morgan fingerprint density at radius 3 is 1.44 bits per heavy atom. The fourth-order valence-corrected chi connectivity index (χ4v) is 12.9. The molecule has 16 atom stereocenters. The van der Waals surface area contributed by atoms with Crippen LogP contribution < -0.4 is 69.5 Å². The lowest BCUT2D eigenvalue weighted by Crippen LogP contribution is -2.64. The number of hydrogen-bond donors (Lipinski definition) is 14. The first-order chi connectivity index (χ1) is 54.3. The Kier molecular flexibility index (Phi) is 43.6. The maximum Gasteiger partial charge on any atom is 0.407 e. The van der Waals surface area contributed by atoms with Crippen LogP contribution in [0.25, 0.3) is 0 Å². The lowest BCUT2D eigenvalue weighted by atomic mass is 9.95. The van der Waals surface area contributed by atoms with Crippen molar-refractivity contribution in [2.75, 3.05) is 13.1 Å². The first-order valence-electron chi connectivity index (χ1n) is 41.5. The number of nitrogens with zero attached hydrogens (tertiary/aromatic N) is 1. The van der Waals surface area contributed by atoms with Crippen LogP contribution in [0, 0.1) is 47.3 Å². The van der Waals surface area contributed by atoms with E-state index in [4.69, 9.17) is 19.9 Å². The number of carboxylic acids is 1. The predicted molar refractivity (Wildman–Crippen MR) is 443 cm³/mol. The Hall–Kier alpha value is -9.27. The minimum atomic E-state index is -1.93. The maximum atomic E-state index is 15.2. The number of hydrogen-bond acceptors (Lipinski definition) is 19. The van der Waals surface area contributed by atoms with Gasteiger partial charge >= 0.3 is 18.0 Å². The second-order valence-corrected chi connectivity index (χ2v) is 34.9. The van der Waals surface area contributed by atoms with E-state index < -0.39 is 220 Å². The third-order valence-corrected chi connectivity index (χ3v) is 20.1. The molecular weight excluding hydrogens is 1510 g/mol. The van der Waals surface area contributed by atoms with E-state index in [1.54, 1.807) is 176 Å². The molecule has 117 heavy (non-hydrogen) atoms. The van der Waals surface area contributed by atoms with E-state index in [0.29, 0.717) is 18.8 Å². The molecule has 0 unspecified atom stereocenters. The van der Waals surface area contributed by atoms with Gasteiger partial charge in [0.15, 0.2) is 0 Å². The van der Waals surface area contributed by atoms with Crippen LogP contribution in [-0.2, 0) is 87.8 Å². The number of rotatable bonds is 47. The third kappa shape index (κ3) is 35.4. The Morgan fingerprint density at radius 1 is 0.521 bits per heavy atom. The van der Waals surface area contributed by atoms with Crippen LogP contribution in [0.15, 0.2) is 42.1 Å². The number of carboxylic acid groups (broad SMARTS) is 1. The van der Waals surface area contributed by atoms with Gasteiger partial charge in [-0.2, -0.15) is 0 Å². The Balaban J connectivity index is 2.73. The summed E-state index contributed by atoms with van der Waals surface area (Å²) in [5.41, 5.74) is 5.04. The average molecular weight is 1650 g/mol. The Morgan fingerprint density at radius 2 is 0.974 bits per heavy atom. The zero-order valence-electron chi connectivity index (χ0n) is 74.0. The topological polar surface area (TPSA) is 478 Å². The molecule has 1 saturated heterocycles. The summed E-state index contributed by atoms with van der Waals surface area (Å²) in [6.45, 7) is 41.8. The Bertz CT molecular complexity index is 3520. The number of aliphatic carboxylic acids is 1. The average Bonchev–Trinajstić information content (AvgIpc) is 1.76. The van der Waals surface area contributed by atoms with Crippen LogP contribution >= 0.6 is 0 Å². The number of nitrogens with one attached hydrogen (secondary N) is 12. The molecule has 0 radical (unpaired) electrons. The van der Waals surface area contributed by atoms with Crippen LogP contribution in [0.4, 0.5) is 4.79 Å². The summed E-state index contributed by atoms with van der Waals surface area (Å²) in [5, 5.41) is 42.3. The quantitative estimate of drug-likeness (QED) is 0.0228. The predicted octanol–water partition coefficient (Wildman–Crippen LogP) is 5.14. The number of carbonyl (C=O) groups excluding carboxylic acids is 14.